The van der Waals surface area contributed by atoms with Crippen molar-refractivity contribution in [2.75, 3.05) is 0 Å². The van der Waals surface area contributed by atoms with Crippen LogP contribution in [0.1, 0.15) is 16.2 Å². The predicted octanol–water partition coefficient (Wildman–Crippen LogP) is 4.46. The first kappa shape index (κ1) is 11.5. The zero-order chi connectivity index (χ0) is 10.8. The monoisotopic (exact) mass is 324 g/mol. The molecule has 0 saturated carbocycles. The molecule has 0 bridgehead atoms. The van der Waals surface area contributed by atoms with E-state index in [2.05, 4.69) is 25.9 Å². The molecule has 2 nitrogen and oxygen atoms in total. The molecule has 80 valence electrons. The third kappa shape index (κ3) is 2.75. The molecule has 2 heterocycles. The van der Waals surface area contributed by atoms with Gasteiger partial charge in [-0.15, -0.1) is 11.3 Å². The van der Waals surface area contributed by atoms with E-state index in [1.807, 2.05) is 6.07 Å². The van der Waals surface area contributed by atoms with E-state index in [9.17, 15) is 0 Å². The van der Waals surface area contributed by atoms with Crippen molar-refractivity contribution in [1.29, 1.82) is 0 Å². The Morgan fingerprint density at radius 2 is 2.33 bits per heavy atom. The number of nitrogens with one attached hydrogen (secondary N) is 1. The Morgan fingerprint density at radius 1 is 1.53 bits per heavy atom. The molecule has 0 aromatic carbocycles. The molecule has 0 amide bonds. The smallest absolute Gasteiger partial charge is 0.107 e. The summed E-state index contributed by atoms with van der Waals surface area (Å²) >= 11 is 16.9. The minimum Gasteiger partial charge on any atom is -0.349 e. The van der Waals surface area contributed by atoms with Crippen LogP contribution >= 0.6 is 50.5 Å². The Kier molecular flexibility index (Phi) is 3.72. The maximum Gasteiger partial charge on any atom is 0.107 e. The van der Waals surface area contributed by atoms with E-state index < -0.39 is 0 Å². The third-order valence-electron chi connectivity index (χ3n) is 1.95. The topological polar surface area (TPSA) is 28.7 Å². The van der Waals surface area contributed by atoms with Crippen molar-refractivity contribution in [3.05, 3.63) is 38.5 Å². The predicted molar refractivity (Wildman–Crippen MR) is 68.3 cm³/mol. The van der Waals surface area contributed by atoms with Crippen LogP contribution in [0, 0.1) is 0 Å². The number of halogens is 3. The van der Waals surface area contributed by atoms with Crippen LogP contribution in [0.3, 0.4) is 0 Å². The highest BCUT2D eigenvalue weighted by atomic mass is 79.9. The lowest BCUT2D eigenvalue weighted by Crippen LogP contribution is -1.96. The summed E-state index contributed by atoms with van der Waals surface area (Å²) in [5, 5.41) is 0. The number of rotatable bonds is 3. The minimum absolute atomic E-state index is 0.139. The van der Waals surface area contributed by atoms with Gasteiger partial charge in [-0.3, -0.25) is 0 Å². The minimum atomic E-state index is 0.139. The summed E-state index contributed by atoms with van der Waals surface area (Å²) in [5.41, 5.74) is 1.02. The maximum absolute atomic E-state index is 6.05. The summed E-state index contributed by atoms with van der Waals surface area (Å²) in [5.74, 6) is 0.926. The number of hydrogen-bond donors (Lipinski definition) is 1. The van der Waals surface area contributed by atoms with Gasteiger partial charge >= 0.3 is 0 Å². The fourth-order valence-electron chi connectivity index (χ4n) is 1.26. The number of aromatic nitrogens is 2. The fraction of sp³-hybridized carbons (Fsp3) is 0.222. The standard InChI is InChI=1S/C9H7BrCl2N2S/c10-6(4-8-13-1-2-14-8)5-3-7(11)15-9(5)12/h1-3,6H,4H2,(H,13,14). The van der Waals surface area contributed by atoms with E-state index in [4.69, 9.17) is 23.2 Å². The highest BCUT2D eigenvalue weighted by molar-refractivity contribution is 9.09. The molecule has 0 aliphatic carbocycles. The highest BCUT2D eigenvalue weighted by Gasteiger charge is 2.16. The van der Waals surface area contributed by atoms with E-state index in [-0.39, 0.29) is 4.83 Å². The molecule has 0 saturated heterocycles. The molecule has 6 heteroatoms. The van der Waals surface area contributed by atoms with Crippen LogP contribution in [0.15, 0.2) is 18.5 Å². The van der Waals surface area contributed by atoms with Crippen molar-refractivity contribution in [2.45, 2.75) is 11.2 Å². The Labute approximate surface area is 110 Å². The molecule has 0 radical (unpaired) electrons. The van der Waals surface area contributed by atoms with Crippen LogP contribution in [-0.2, 0) is 6.42 Å². The summed E-state index contributed by atoms with van der Waals surface area (Å²) < 4.78 is 1.44. The summed E-state index contributed by atoms with van der Waals surface area (Å²) in [6.45, 7) is 0. The van der Waals surface area contributed by atoms with Gasteiger partial charge in [0, 0.05) is 23.6 Å². The summed E-state index contributed by atoms with van der Waals surface area (Å²) in [4.78, 5) is 7.35. The lowest BCUT2D eigenvalue weighted by molar-refractivity contribution is 0.880. The first-order valence-electron chi connectivity index (χ1n) is 4.24. The van der Waals surface area contributed by atoms with Gasteiger partial charge in [0.05, 0.1) is 8.67 Å². The zero-order valence-corrected chi connectivity index (χ0v) is 11.4. The number of nitrogens with zero attached hydrogens (tertiary/aromatic N) is 1. The average Bonchev–Trinajstić information content (AvgIpc) is 2.75. The number of thiophene rings is 1. The van der Waals surface area contributed by atoms with Crippen LogP contribution in [0.5, 0.6) is 0 Å². The normalized spacial score (nSPS) is 13.0. The molecule has 2 aromatic heterocycles. The Bertz CT molecular complexity index is 441. The summed E-state index contributed by atoms with van der Waals surface area (Å²) in [6.07, 6.45) is 4.30. The molecule has 1 atom stereocenters. The van der Waals surface area contributed by atoms with Gasteiger partial charge in [0.15, 0.2) is 0 Å². The van der Waals surface area contributed by atoms with Gasteiger partial charge in [0.2, 0.25) is 0 Å². The van der Waals surface area contributed by atoms with Gasteiger partial charge in [-0.05, 0) is 11.6 Å². The number of aromatic amines is 1. The first-order chi connectivity index (χ1) is 7.16. The van der Waals surface area contributed by atoms with E-state index in [0.29, 0.717) is 4.34 Å². The van der Waals surface area contributed by atoms with Crippen molar-refractivity contribution in [3.8, 4) is 0 Å². The molecule has 1 N–H and O–H groups in total. The van der Waals surface area contributed by atoms with Gasteiger partial charge in [-0.25, -0.2) is 4.98 Å². The maximum atomic E-state index is 6.05. The van der Waals surface area contributed by atoms with Gasteiger partial charge in [0.25, 0.3) is 0 Å². The molecule has 0 aliphatic heterocycles. The van der Waals surface area contributed by atoms with Crippen LogP contribution in [0.4, 0.5) is 0 Å². The van der Waals surface area contributed by atoms with Crippen molar-refractivity contribution in [2.24, 2.45) is 0 Å². The second-order valence-corrected chi connectivity index (χ2v) is 6.38. The van der Waals surface area contributed by atoms with E-state index in [0.717, 1.165) is 22.1 Å². The summed E-state index contributed by atoms with van der Waals surface area (Å²) in [7, 11) is 0. The largest absolute Gasteiger partial charge is 0.349 e. The van der Waals surface area contributed by atoms with Crippen LogP contribution in [0.25, 0.3) is 0 Å². The summed E-state index contributed by atoms with van der Waals surface area (Å²) in [6, 6.07) is 1.89. The highest BCUT2D eigenvalue weighted by Crippen LogP contribution is 2.39. The lowest BCUT2D eigenvalue weighted by atomic mass is 10.2. The Morgan fingerprint density at radius 3 is 2.87 bits per heavy atom. The number of alkyl halides is 1. The number of hydrogen-bond acceptors (Lipinski definition) is 2. The molecule has 1 unspecified atom stereocenters. The van der Waals surface area contributed by atoms with Crippen LogP contribution in [-0.4, -0.2) is 9.97 Å². The second kappa shape index (κ2) is 4.87. The van der Waals surface area contributed by atoms with Crippen molar-refractivity contribution >= 4 is 50.5 Å². The second-order valence-electron chi connectivity index (χ2n) is 2.99. The Balaban J connectivity index is 2.14. The molecular weight excluding hydrogens is 319 g/mol. The lowest BCUT2D eigenvalue weighted by Gasteiger charge is -2.06. The van der Waals surface area contributed by atoms with Gasteiger partial charge < -0.3 is 4.98 Å². The molecule has 0 fully saturated rings. The quantitative estimate of drug-likeness (QED) is 0.829. The van der Waals surface area contributed by atoms with E-state index in [1.54, 1.807) is 12.4 Å². The van der Waals surface area contributed by atoms with E-state index in [1.165, 1.54) is 11.3 Å². The van der Waals surface area contributed by atoms with E-state index >= 15 is 0 Å². The first-order valence-corrected chi connectivity index (χ1v) is 6.72. The molecule has 15 heavy (non-hydrogen) atoms. The Hall–Kier alpha value is -0.0300. The van der Waals surface area contributed by atoms with Crippen LogP contribution < -0.4 is 0 Å². The number of H-pyrrole nitrogens is 1. The van der Waals surface area contributed by atoms with Gasteiger partial charge in [-0.2, -0.15) is 0 Å². The number of imidazole rings is 1. The average molecular weight is 326 g/mol. The van der Waals surface area contributed by atoms with Crippen molar-refractivity contribution in [3.63, 3.8) is 0 Å². The molecule has 2 aromatic rings. The third-order valence-corrected chi connectivity index (χ3v) is 4.28. The van der Waals surface area contributed by atoms with Gasteiger partial charge in [0.1, 0.15) is 5.82 Å². The molecule has 0 aliphatic rings. The van der Waals surface area contributed by atoms with Crippen molar-refractivity contribution in [1.82, 2.24) is 9.97 Å². The van der Waals surface area contributed by atoms with Crippen molar-refractivity contribution < 1.29 is 0 Å². The molecule has 2 rings (SSSR count). The molecular formula is C9H7BrCl2N2S. The van der Waals surface area contributed by atoms with Crippen LogP contribution in [0.2, 0.25) is 8.67 Å². The SMILES string of the molecule is Clc1cc(C(Br)Cc2ncc[nH]2)c(Cl)s1. The zero-order valence-electron chi connectivity index (χ0n) is 7.51. The molecule has 0 spiro atoms. The fourth-order valence-corrected chi connectivity index (χ4v) is 3.79. The van der Waals surface area contributed by atoms with Gasteiger partial charge in [-0.1, -0.05) is 39.1 Å².